The van der Waals surface area contributed by atoms with Crippen LogP contribution in [0.15, 0.2) is 24.3 Å². The van der Waals surface area contributed by atoms with Crippen molar-refractivity contribution in [1.82, 2.24) is 5.32 Å². The van der Waals surface area contributed by atoms with Crippen LogP contribution in [0.25, 0.3) is 0 Å². The van der Waals surface area contributed by atoms with Crippen molar-refractivity contribution >= 4 is 22.4 Å². The SMILES string of the molecule is CCCC1CCC(NC)C(S(=O)Cc2ccccc2Cl)C1. The van der Waals surface area contributed by atoms with Gasteiger partial charge >= 0.3 is 0 Å². The summed E-state index contributed by atoms with van der Waals surface area (Å²) in [5.74, 6) is 1.31. The highest BCUT2D eigenvalue weighted by Gasteiger charge is 2.33. The molecule has 0 radical (unpaired) electrons. The van der Waals surface area contributed by atoms with E-state index in [0.29, 0.717) is 11.8 Å². The lowest BCUT2D eigenvalue weighted by Gasteiger charge is -2.35. The summed E-state index contributed by atoms with van der Waals surface area (Å²) in [6, 6.07) is 8.13. The van der Waals surface area contributed by atoms with E-state index in [4.69, 9.17) is 11.6 Å². The molecule has 0 spiro atoms. The Morgan fingerprint density at radius 2 is 2.10 bits per heavy atom. The van der Waals surface area contributed by atoms with Gasteiger partial charge in [-0.25, -0.2) is 0 Å². The fourth-order valence-electron chi connectivity index (χ4n) is 3.38. The van der Waals surface area contributed by atoms with Gasteiger partial charge in [-0.05, 0) is 43.9 Å². The highest BCUT2D eigenvalue weighted by atomic mass is 35.5. The Morgan fingerprint density at radius 1 is 1.33 bits per heavy atom. The molecule has 1 fully saturated rings. The normalized spacial score (nSPS) is 27.5. The van der Waals surface area contributed by atoms with E-state index >= 15 is 0 Å². The largest absolute Gasteiger partial charge is 0.316 e. The molecule has 0 aliphatic heterocycles. The summed E-state index contributed by atoms with van der Waals surface area (Å²) in [6.07, 6.45) is 5.96. The molecular weight excluding hydrogens is 302 g/mol. The van der Waals surface area contributed by atoms with Crippen molar-refractivity contribution in [3.63, 3.8) is 0 Å². The first-order valence-electron chi connectivity index (χ1n) is 7.93. The molecule has 1 aliphatic carbocycles. The molecule has 1 N–H and O–H groups in total. The van der Waals surface area contributed by atoms with Gasteiger partial charge in [0.15, 0.2) is 0 Å². The Balaban J connectivity index is 2.05. The molecule has 4 heteroatoms. The minimum Gasteiger partial charge on any atom is -0.316 e. The van der Waals surface area contributed by atoms with Crippen molar-refractivity contribution < 1.29 is 4.21 Å². The summed E-state index contributed by atoms with van der Waals surface area (Å²) < 4.78 is 12.9. The molecule has 2 nitrogen and oxygen atoms in total. The van der Waals surface area contributed by atoms with Gasteiger partial charge in [0, 0.05) is 21.9 Å². The molecule has 118 valence electrons. The summed E-state index contributed by atoms with van der Waals surface area (Å²) in [5.41, 5.74) is 1.00. The maximum Gasteiger partial charge on any atom is 0.0507 e. The molecule has 1 saturated carbocycles. The average molecular weight is 328 g/mol. The van der Waals surface area contributed by atoms with Gasteiger partial charge in [-0.2, -0.15) is 0 Å². The van der Waals surface area contributed by atoms with E-state index in [0.717, 1.165) is 29.3 Å². The standard InChI is InChI=1S/C17H26ClNOS/c1-3-6-13-9-10-16(19-2)17(11-13)21(20)12-14-7-4-5-8-15(14)18/h4-5,7-8,13,16-17,19H,3,6,9-12H2,1-2H3. The lowest BCUT2D eigenvalue weighted by Crippen LogP contribution is -2.45. The van der Waals surface area contributed by atoms with E-state index in [2.05, 4.69) is 12.2 Å². The Morgan fingerprint density at radius 3 is 2.76 bits per heavy atom. The second kappa shape index (κ2) is 8.30. The Hall–Kier alpha value is -0.380. The number of benzene rings is 1. The Kier molecular flexibility index (Phi) is 6.72. The molecule has 1 aromatic rings. The maximum absolute atomic E-state index is 12.9. The summed E-state index contributed by atoms with van der Waals surface area (Å²) in [5, 5.41) is 4.35. The fraction of sp³-hybridized carbons (Fsp3) is 0.647. The van der Waals surface area contributed by atoms with Crippen LogP contribution in [0.5, 0.6) is 0 Å². The molecular formula is C17H26ClNOS. The third-order valence-electron chi connectivity index (χ3n) is 4.56. The highest BCUT2D eigenvalue weighted by molar-refractivity contribution is 7.84. The van der Waals surface area contributed by atoms with Crippen LogP contribution in [0, 0.1) is 5.92 Å². The van der Waals surface area contributed by atoms with Crippen molar-refractivity contribution in [3.8, 4) is 0 Å². The number of nitrogens with one attached hydrogen (secondary N) is 1. The number of halogens is 1. The minimum absolute atomic E-state index is 0.247. The highest BCUT2D eigenvalue weighted by Crippen LogP contribution is 2.32. The van der Waals surface area contributed by atoms with E-state index in [1.54, 1.807) is 0 Å². The fourth-order valence-corrected chi connectivity index (χ4v) is 5.56. The number of hydrogen-bond donors (Lipinski definition) is 1. The van der Waals surface area contributed by atoms with E-state index in [1.807, 2.05) is 31.3 Å². The number of hydrogen-bond acceptors (Lipinski definition) is 2. The zero-order valence-corrected chi connectivity index (χ0v) is 14.6. The predicted octanol–water partition coefficient (Wildman–Crippen LogP) is 4.15. The first-order valence-corrected chi connectivity index (χ1v) is 9.69. The van der Waals surface area contributed by atoms with Crippen LogP contribution in [0.4, 0.5) is 0 Å². The maximum atomic E-state index is 12.9. The van der Waals surface area contributed by atoms with Crippen molar-refractivity contribution in [2.75, 3.05) is 7.05 Å². The first-order chi connectivity index (χ1) is 10.2. The van der Waals surface area contributed by atoms with Gasteiger partial charge in [-0.15, -0.1) is 0 Å². The van der Waals surface area contributed by atoms with Crippen LogP contribution in [0.1, 0.15) is 44.6 Å². The molecule has 1 aromatic carbocycles. The average Bonchev–Trinajstić information content (AvgIpc) is 2.50. The van der Waals surface area contributed by atoms with E-state index in [1.165, 1.54) is 19.3 Å². The molecule has 0 amide bonds. The monoisotopic (exact) mass is 327 g/mol. The van der Waals surface area contributed by atoms with Crippen molar-refractivity contribution in [1.29, 1.82) is 0 Å². The first kappa shape index (κ1) is 17.0. The smallest absolute Gasteiger partial charge is 0.0507 e. The van der Waals surface area contributed by atoms with Crippen LogP contribution < -0.4 is 5.32 Å². The van der Waals surface area contributed by atoms with Gasteiger partial charge in [0.05, 0.1) is 11.0 Å². The molecule has 1 aliphatic rings. The molecule has 0 bridgehead atoms. The second-order valence-corrected chi connectivity index (χ2v) is 8.08. The van der Waals surface area contributed by atoms with Gasteiger partial charge in [0.2, 0.25) is 0 Å². The molecule has 4 atom stereocenters. The topological polar surface area (TPSA) is 29.1 Å². The molecule has 0 saturated heterocycles. The van der Waals surface area contributed by atoms with Crippen LogP contribution in [-0.4, -0.2) is 22.5 Å². The summed E-state index contributed by atoms with van der Waals surface area (Å²) in [7, 11) is 1.12. The number of rotatable bonds is 6. The van der Waals surface area contributed by atoms with Crippen molar-refractivity contribution in [3.05, 3.63) is 34.9 Å². The zero-order chi connectivity index (χ0) is 15.2. The van der Waals surface area contributed by atoms with Crippen LogP contribution in [0.2, 0.25) is 5.02 Å². The summed E-state index contributed by atoms with van der Waals surface area (Å²) in [6.45, 7) is 2.24. The quantitative estimate of drug-likeness (QED) is 0.850. The van der Waals surface area contributed by atoms with Crippen molar-refractivity contribution in [2.24, 2.45) is 5.92 Å². The third kappa shape index (κ3) is 4.54. The van der Waals surface area contributed by atoms with Crippen LogP contribution >= 0.6 is 11.6 Å². The molecule has 21 heavy (non-hydrogen) atoms. The van der Waals surface area contributed by atoms with Gasteiger partial charge in [0.1, 0.15) is 0 Å². The summed E-state index contributed by atoms with van der Waals surface area (Å²) in [4.78, 5) is 0. The van der Waals surface area contributed by atoms with Crippen LogP contribution in [-0.2, 0) is 16.6 Å². The summed E-state index contributed by atoms with van der Waals surface area (Å²) >= 11 is 6.21. The molecule has 2 rings (SSSR count). The van der Waals surface area contributed by atoms with Gasteiger partial charge in [-0.3, -0.25) is 4.21 Å². The minimum atomic E-state index is -0.869. The van der Waals surface area contributed by atoms with Crippen molar-refractivity contribution in [2.45, 2.75) is 56.1 Å². The van der Waals surface area contributed by atoms with E-state index in [9.17, 15) is 4.21 Å². The molecule has 0 aromatic heterocycles. The Bertz CT molecular complexity index is 480. The molecule has 4 unspecified atom stereocenters. The zero-order valence-electron chi connectivity index (χ0n) is 13.0. The lowest BCUT2D eigenvalue weighted by molar-refractivity contribution is 0.292. The lowest BCUT2D eigenvalue weighted by atomic mass is 9.83. The second-order valence-electron chi connectivity index (χ2n) is 6.02. The van der Waals surface area contributed by atoms with E-state index < -0.39 is 10.8 Å². The molecule has 0 heterocycles. The van der Waals surface area contributed by atoms with E-state index in [-0.39, 0.29) is 5.25 Å². The Labute approximate surface area is 136 Å². The van der Waals surface area contributed by atoms with Gasteiger partial charge < -0.3 is 5.32 Å². The third-order valence-corrected chi connectivity index (χ3v) is 6.72. The van der Waals surface area contributed by atoms with Crippen LogP contribution in [0.3, 0.4) is 0 Å². The van der Waals surface area contributed by atoms with Gasteiger partial charge in [-0.1, -0.05) is 49.6 Å². The van der Waals surface area contributed by atoms with Gasteiger partial charge in [0.25, 0.3) is 0 Å². The predicted molar refractivity (Wildman–Crippen MR) is 92.2 cm³/mol.